The molecule has 0 spiro atoms. The molecule has 1 amide bonds. The number of hydrogen-bond donors (Lipinski definition) is 3. The third-order valence-corrected chi connectivity index (χ3v) is 5.65. The maximum absolute atomic E-state index is 11.8. The van der Waals surface area contributed by atoms with Gasteiger partial charge in [-0.3, -0.25) is 15.1 Å². The highest BCUT2D eigenvalue weighted by Crippen LogP contribution is 2.20. The maximum atomic E-state index is 11.8. The average Bonchev–Trinajstić information content (AvgIpc) is 2.85. The molecule has 34 heavy (non-hydrogen) atoms. The first-order valence-electron chi connectivity index (χ1n) is 12.1. The molecule has 1 heterocycles. The number of nitrogens with one attached hydrogen (secondary N) is 3. The molecule has 0 aromatic carbocycles. The van der Waals surface area contributed by atoms with Gasteiger partial charge in [-0.05, 0) is 39.1 Å². The first-order valence-corrected chi connectivity index (χ1v) is 12.9. The highest BCUT2D eigenvalue weighted by Gasteiger charge is 2.17. The van der Waals surface area contributed by atoms with Crippen LogP contribution >= 0.6 is 15.9 Å². The molecule has 0 bridgehead atoms. The van der Waals surface area contributed by atoms with Gasteiger partial charge in [0.1, 0.15) is 5.71 Å². The van der Waals surface area contributed by atoms with Crippen LogP contribution in [-0.2, 0) is 4.79 Å². The molecule has 0 aliphatic carbocycles. The summed E-state index contributed by atoms with van der Waals surface area (Å²) in [5, 5.41) is 14.2. The van der Waals surface area contributed by atoms with E-state index >= 15 is 0 Å². The fraction of sp³-hybridized carbons (Fsp3) is 0.556. The van der Waals surface area contributed by atoms with Crippen LogP contribution in [0.4, 0.5) is 0 Å². The van der Waals surface area contributed by atoms with E-state index in [4.69, 9.17) is 5.41 Å². The van der Waals surface area contributed by atoms with Crippen LogP contribution in [0.3, 0.4) is 0 Å². The minimum absolute atomic E-state index is 0.00537. The lowest BCUT2D eigenvalue weighted by molar-refractivity contribution is -0.121. The van der Waals surface area contributed by atoms with E-state index in [0.29, 0.717) is 0 Å². The summed E-state index contributed by atoms with van der Waals surface area (Å²) in [5.41, 5.74) is 3.53. The van der Waals surface area contributed by atoms with Gasteiger partial charge in [0.2, 0.25) is 0 Å². The third kappa shape index (κ3) is 13.8. The van der Waals surface area contributed by atoms with E-state index in [9.17, 15) is 4.79 Å². The van der Waals surface area contributed by atoms with Crippen LogP contribution in [0.25, 0.3) is 0 Å². The molecule has 7 heteroatoms. The topological polar surface area (TPSA) is 71.5 Å². The van der Waals surface area contributed by atoms with Crippen molar-refractivity contribution in [2.75, 3.05) is 54.4 Å². The molecule has 1 rings (SSSR count). The molecule has 0 fully saturated rings. The zero-order valence-electron chi connectivity index (χ0n) is 22.9. The van der Waals surface area contributed by atoms with Crippen molar-refractivity contribution >= 4 is 27.5 Å². The van der Waals surface area contributed by atoms with Crippen molar-refractivity contribution in [2.45, 2.75) is 47.1 Å². The molecular formula is C27H48BrN5O. The van der Waals surface area contributed by atoms with Crippen LogP contribution in [0.15, 0.2) is 58.2 Å². The SMILES string of the molecule is C=C(/C=C(\C)CN1CC=C(C(/C=C\C(=N)C(=O)N(C)C)NC)CC1)/C(Br)=C\CNC.CC.CC. The number of rotatable bonds is 11. The van der Waals surface area contributed by atoms with Gasteiger partial charge in [0.05, 0.1) is 0 Å². The van der Waals surface area contributed by atoms with Crippen molar-refractivity contribution in [2.24, 2.45) is 0 Å². The van der Waals surface area contributed by atoms with E-state index in [1.807, 2.05) is 47.9 Å². The Kier molecular flexibility index (Phi) is 20.8. The van der Waals surface area contributed by atoms with Crippen LogP contribution in [0.2, 0.25) is 0 Å². The quantitative estimate of drug-likeness (QED) is 0.198. The molecule has 1 aliphatic heterocycles. The van der Waals surface area contributed by atoms with Gasteiger partial charge >= 0.3 is 0 Å². The number of hydrogen-bond acceptors (Lipinski definition) is 5. The highest BCUT2D eigenvalue weighted by molar-refractivity contribution is 9.12. The molecule has 0 aromatic rings. The Morgan fingerprint density at radius 3 is 2.38 bits per heavy atom. The Balaban J connectivity index is 0. The summed E-state index contributed by atoms with van der Waals surface area (Å²) in [6.45, 7) is 17.8. The van der Waals surface area contributed by atoms with Crippen molar-refractivity contribution in [1.29, 1.82) is 5.41 Å². The summed E-state index contributed by atoms with van der Waals surface area (Å²) in [6.07, 6.45) is 10.9. The van der Waals surface area contributed by atoms with E-state index in [1.54, 1.807) is 20.2 Å². The van der Waals surface area contributed by atoms with Crippen molar-refractivity contribution in [3.05, 3.63) is 58.2 Å². The fourth-order valence-corrected chi connectivity index (χ4v) is 3.43. The van der Waals surface area contributed by atoms with Gasteiger partial charge in [-0.2, -0.15) is 0 Å². The minimum Gasteiger partial charge on any atom is -0.343 e. The molecule has 0 radical (unpaired) electrons. The van der Waals surface area contributed by atoms with Gasteiger partial charge in [-0.15, -0.1) is 0 Å². The molecule has 0 saturated heterocycles. The lowest BCUT2D eigenvalue weighted by Gasteiger charge is -2.29. The second kappa shape index (κ2) is 20.6. The summed E-state index contributed by atoms with van der Waals surface area (Å²) < 4.78 is 1.01. The number of carbonyl (C=O) groups excluding carboxylic acids is 1. The van der Waals surface area contributed by atoms with Gasteiger partial charge in [0.15, 0.2) is 0 Å². The number of amides is 1. The minimum atomic E-state index is -0.291. The monoisotopic (exact) mass is 537 g/mol. The normalized spacial score (nSPS) is 15.4. The Labute approximate surface area is 217 Å². The number of likely N-dealkylation sites (N-methyl/N-ethyl adjacent to an activating group) is 2. The zero-order chi connectivity index (χ0) is 26.7. The highest BCUT2D eigenvalue weighted by atomic mass is 79.9. The van der Waals surface area contributed by atoms with Gasteiger partial charge in [-0.25, -0.2) is 0 Å². The van der Waals surface area contributed by atoms with Gasteiger partial charge in [0, 0.05) is 50.8 Å². The average molecular weight is 539 g/mol. The van der Waals surface area contributed by atoms with E-state index in [0.717, 1.165) is 42.7 Å². The number of carbonyl (C=O) groups is 1. The second-order valence-electron chi connectivity index (χ2n) is 7.63. The third-order valence-electron chi connectivity index (χ3n) is 4.82. The van der Waals surface area contributed by atoms with E-state index in [-0.39, 0.29) is 17.7 Å². The summed E-state index contributed by atoms with van der Waals surface area (Å²) in [6, 6.07) is 0.0344. The predicted octanol–water partition coefficient (Wildman–Crippen LogP) is 4.92. The Morgan fingerprint density at radius 1 is 1.29 bits per heavy atom. The van der Waals surface area contributed by atoms with Gasteiger partial charge in [-0.1, -0.05) is 85.7 Å². The molecular weight excluding hydrogens is 490 g/mol. The van der Waals surface area contributed by atoms with Crippen LogP contribution in [-0.4, -0.2) is 81.8 Å². The van der Waals surface area contributed by atoms with E-state index < -0.39 is 0 Å². The van der Waals surface area contributed by atoms with Crippen molar-refractivity contribution in [3.63, 3.8) is 0 Å². The predicted molar refractivity (Wildman–Crippen MR) is 154 cm³/mol. The van der Waals surface area contributed by atoms with Crippen molar-refractivity contribution in [1.82, 2.24) is 20.4 Å². The van der Waals surface area contributed by atoms with Gasteiger partial charge < -0.3 is 15.5 Å². The zero-order valence-corrected chi connectivity index (χ0v) is 24.5. The fourth-order valence-electron chi connectivity index (χ4n) is 3.15. The molecule has 1 atom stereocenters. The molecule has 194 valence electrons. The Morgan fingerprint density at radius 2 is 1.91 bits per heavy atom. The lowest BCUT2D eigenvalue weighted by Crippen LogP contribution is -2.35. The smallest absolute Gasteiger partial charge is 0.271 e. The largest absolute Gasteiger partial charge is 0.343 e. The molecule has 1 unspecified atom stereocenters. The Hall–Kier alpha value is -1.80. The summed E-state index contributed by atoms with van der Waals surface area (Å²) in [4.78, 5) is 15.6. The molecule has 3 N–H and O–H groups in total. The summed E-state index contributed by atoms with van der Waals surface area (Å²) in [5.74, 6) is -0.291. The number of nitrogens with zero attached hydrogens (tertiary/aromatic N) is 2. The van der Waals surface area contributed by atoms with E-state index in [2.05, 4.69) is 63.2 Å². The first kappa shape index (κ1) is 34.4. The van der Waals surface area contributed by atoms with E-state index in [1.165, 1.54) is 16.0 Å². The van der Waals surface area contributed by atoms with Crippen LogP contribution < -0.4 is 10.6 Å². The summed E-state index contributed by atoms with van der Waals surface area (Å²) >= 11 is 3.57. The molecule has 0 saturated carbocycles. The van der Waals surface area contributed by atoms with Crippen molar-refractivity contribution < 1.29 is 4.79 Å². The molecule has 1 aliphatic rings. The Bertz CT molecular complexity index is 750. The molecule has 6 nitrogen and oxygen atoms in total. The number of halogens is 1. The molecule has 0 aromatic heterocycles. The van der Waals surface area contributed by atoms with Crippen LogP contribution in [0.1, 0.15) is 41.0 Å². The lowest BCUT2D eigenvalue weighted by atomic mass is 9.98. The standard InChI is InChI=1S/C23H36BrN5O.2C2H6/c1-17(15-18(2)20(24)9-12-26-3)16-29-13-10-19(11-14-29)22(27-4)8-7-21(25)23(30)28(5)6;2*1-2/h7-10,15,22,25-27H,2,11-14,16H2,1,3-6H3;2*1-2H3/b8-7-,17-15+,20-9+,25-21?;;. The van der Waals surface area contributed by atoms with Crippen LogP contribution in [0.5, 0.6) is 0 Å². The van der Waals surface area contributed by atoms with Gasteiger partial charge in [0.25, 0.3) is 5.91 Å². The second-order valence-corrected chi connectivity index (χ2v) is 8.48. The first-order chi connectivity index (χ1) is 16.2. The maximum Gasteiger partial charge on any atom is 0.271 e. The van der Waals surface area contributed by atoms with Crippen LogP contribution in [0, 0.1) is 5.41 Å². The number of allylic oxidation sites excluding steroid dienone is 3. The summed E-state index contributed by atoms with van der Waals surface area (Å²) in [7, 11) is 7.13. The van der Waals surface area contributed by atoms with Crippen molar-refractivity contribution in [3.8, 4) is 0 Å².